The van der Waals surface area contributed by atoms with E-state index < -0.39 is 46.1 Å². The summed E-state index contributed by atoms with van der Waals surface area (Å²) in [5.41, 5.74) is 4.64. The van der Waals surface area contributed by atoms with Gasteiger partial charge in [0, 0.05) is 5.69 Å². The molecule has 0 saturated carbocycles. The number of nitrogens with zero attached hydrogens (tertiary/aromatic N) is 9. The number of anilines is 3. The predicted molar refractivity (Wildman–Crippen MR) is 148 cm³/mol. The second-order valence-corrected chi connectivity index (χ2v) is 9.44. The first kappa shape index (κ1) is 43.9. The van der Waals surface area contributed by atoms with E-state index in [9.17, 15) is 44.9 Å². The number of hydrogen-bond acceptors (Lipinski definition) is 17. The zero-order chi connectivity index (χ0) is 34.0. The zero-order valence-electron chi connectivity index (χ0n) is 27.6. The number of nitriles is 1. The topological polar surface area (TPSA) is 308 Å². The Morgan fingerprint density at radius 1 is 0.765 bits per heavy atom. The summed E-state index contributed by atoms with van der Waals surface area (Å²) in [5, 5.41) is 74.2. The fourth-order valence-electron chi connectivity index (χ4n) is 4.19. The van der Waals surface area contributed by atoms with Crippen molar-refractivity contribution in [2.24, 2.45) is 10.2 Å². The van der Waals surface area contributed by atoms with Crippen LogP contribution < -0.4 is 107 Å². The third-order valence-electron chi connectivity index (χ3n) is 6.34. The Balaban J connectivity index is 0.00000325. The number of aryl methyl sites for hydroxylation is 1. The molecule has 0 amide bonds. The second-order valence-electron chi connectivity index (χ2n) is 9.44. The zero-order valence-corrected chi connectivity index (χ0v) is 27.6. The maximum Gasteiger partial charge on any atom is 1.00 e. The van der Waals surface area contributed by atoms with Gasteiger partial charge < -0.3 is 50.7 Å². The SMILES string of the molecule is Cc1nn(-c2cnc(Nc3cc(C(=O)[O-])cc(C(=O)[O-])c3)cn2)c(N)c1N=Nc1c(C#N)cnn1-c1cc(C(=O)[O-])cc(C(=O)[O-])c1.[Li+].[Li+].[Li+].[Li+]. The van der Waals surface area contributed by atoms with Gasteiger partial charge in [0.1, 0.15) is 17.5 Å². The van der Waals surface area contributed by atoms with Crippen LogP contribution in [0.1, 0.15) is 52.7 Å². The van der Waals surface area contributed by atoms with Crippen molar-refractivity contribution in [3.63, 3.8) is 0 Å². The van der Waals surface area contributed by atoms with Crippen LogP contribution in [0.25, 0.3) is 11.5 Å². The Kier molecular flexibility index (Phi) is 15.7. The van der Waals surface area contributed by atoms with Gasteiger partial charge in [0.2, 0.25) is 0 Å². The summed E-state index contributed by atoms with van der Waals surface area (Å²) in [6, 6.07) is 7.98. The van der Waals surface area contributed by atoms with Crippen molar-refractivity contribution >= 4 is 52.7 Å². The molecule has 0 unspecified atom stereocenters. The van der Waals surface area contributed by atoms with Gasteiger partial charge >= 0.3 is 75.4 Å². The molecule has 3 heterocycles. The first-order valence-electron chi connectivity index (χ1n) is 12.9. The molecule has 19 nitrogen and oxygen atoms in total. The first-order chi connectivity index (χ1) is 22.4. The molecular weight excluding hydrogens is 646 g/mol. The molecule has 5 rings (SSSR count). The van der Waals surface area contributed by atoms with Crippen LogP contribution in [0.2, 0.25) is 0 Å². The van der Waals surface area contributed by atoms with Gasteiger partial charge in [-0.1, -0.05) is 0 Å². The molecule has 0 fully saturated rings. The van der Waals surface area contributed by atoms with Crippen molar-refractivity contribution in [3.8, 4) is 17.6 Å². The molecule has 0 aliphatic rings. The van der Waals surface area contributed by atoms with Crippen LogP contribution >= 0.6 is 0 Å². The van der Waals surface area contributed by atoms with Gasteiger partial charge in [0.15, 0.2) is 23.1 Å². The van der Waals surface area contributed by atoms with Crippen molar-refractivity contribution in [3.05, 3.63) is 88.5 Å². The summed E-state index contributed by atoms with van der Waals surface area (Å²) in [6.45, 7) is 1.54. The smallest absolute Gasteiger partial charge is 0.545 e. The summed E-state index contributed by atoms with van der Waals surface area (Å²) < 4.78 is 2.16. The number of nitrogen functional groups attached to an aromatic ring is 1. The number of nitrogens with one attached hydrogen (secondary N) is 1. The van der Waals surface area contributed by atoms with Gasteiger partial charge in [-0.3, -0.25) is 0 Å². The average Bonchev–Trinajstić information content (AvgIpc) is 3.58. The van der Waals surface area contributed by atoms with E-state index in [0.717, 1.165) is 47.3 Å². The Bertz CT molecular complexity index is 2140. The number of carboxylic acids is 4. The number of aromatic nitrogens is 6. The van der Waals surface area contributed by atoms with Gasteiger partial charge in [-0.2, -0.15) is 20.1 Å². The average molecular weight is 661 g/mol. The van der Waals surface area contributed by atoms with Crippen molar-refractivity contribution < 1.29 is 115 Å². The molecule has 0 atom stereocenters. The third kappa shape index (κ3) is 9.57. The molecule has 0 aliphatic heterocycles. The van der Waals surface area contributed by atoms with Crippen molar-refractivity contribution in [2.45, 2.75) is 6.92 Å². The van der Waals surface area contributed by atoms with E-state index in [1.807, 2.05) is 6.07 Å². The number of benzene rings is 2. The molecule has 234 valence electrons. The Hall–Kier alpha value is -5.10. The number of carbonyl (C=O) groups excluding carboxylic acids is 4. The Morgan fingerprint density at radius 2 is 1.29 bits per heavy atom. The largest absolute Gasteiger partial charge is 1.00 e. The van der Waals surface area contributed by atoms with E-state index in [2.05, 4.69) is 35.7 Å². The number of nitrogens with two attached hydrogens (primary N) is 1. The van der Waals surface area contributed by atoms with Gasteiger partial charge in [0.05, 0.1) is 53.8 Å². The standard InChI is InChI=1S/C28H19N11O8.4Li/c1-12-22(35-36-24-17(8-29)9-33-38(24)19-6-15(27(44)45)3-16(7-19)28(46)47)23(30)39(37-12)21-11-31-20(10-32-21)34-18-4-13(25(40)41)2-14(5-18)26(42)43;;;;/h2-7,9-11H,30H2,1H3,(H,31,34)(H,40,41)(H,42,43)(H,44,45)(H,46,47);;;;/q;4*+1/p-4. The normalized spacial score (nSPS) is 10.0. The van der Waals surface area contributed by atoms with Gasteiger partial charge in [0.25, 0.3) is 0 Å². The van der Waals surface area contributed by atoms with Crippen LogP contribution in [0.4, 0.5) is 28.8 Å². The van der Waals surface area contributed by atoms with Crippen molar-refractivity contribution in [1.82, 2.24) is 29.5 Å². The Morgan fingerprint density at radius 3 is 1.76 bits per heavy atom. The molecule has 0 radical (unpaired) electrons. The van der Waals surface area contributed by atoms with Crippen molar-refractivity contribution in [2.75, 3.05) is 11.1 Å². The summed E-state index contributed by atoms with van der Waals surface area (Å²) in [7, 11) is 0. The van der Waals surface area contributed by atoms with E-state index >= 15 is 0 Å². The van der Waals surface area contributed by atoms with E-state index in [4.69, 9.17) is 5.73 Å². The quantitative estimate of drug-likeness (QED) is 0.104. The molecule has 5 aromatic rings. The van der Waals surface area contributed by atoms with Gasteiger partial charge in [-0.25, -0.2) is 14.6 Å². The van der Waals surface area contributed by atoms with Crippen LogP contribution in [0.15, 0.2) is 65.2 Å². The predicted octanol–water partition coefficient (Wildman–Crippen LogP) is -13.8. The minimum Gasteiger partial charge on any atom is -0.545 e. The number of rotatable bonds is 10. The molecule has 0 bridgehead atoms. The minimum absolute atomic E-state index is 0. The summed E-state index contributed by atoms with van der Waals surface area (Å²) >= 11 is 0. The van der Waals surface area contributed by atoms with E-state index in [-0.39, 0.29) is 127 Å². The molecule has 0 saturated heterocycles. The maximum absolute atomic E-state index is 11.5. The first-order valence-corrected chi connectivity index (χ1v) is 12.9. The molecule has 0 spiro atoms. The summed E-state index contributed by atoms with van der Waals surface area (Å²) in [5.74, 6) is -6.59. The Labute approximate surface area is 334 Å². The van der Waals surface area contributed by atoms with E-state index in [1.54, 1.807) is 6.92 Å². The maximum atomic E-state index is 11.5. The second kappa shape index (κ2) is 18.2. The fourth-order valence-corrected chi connectivity index (χ4v) is 4.19. The molecule has 51 heavy (non-hydrogen) atoms. The summed E-state index contributed by atoms with van der Waals surface area (Å²) in [6.07, 6.45) is 3.59. The molecule has 3 N–H and O–H groups in total. The van der Waals surface area contributed by atoms with Gasteiger partial charge in [-0.15, -0.1) is 10.2 Å². The monoisotopic (exact) mass is 661 g/mol. The number of hydrogen-bond donors (Lipinski definition) is 2. The van der Waals surface area contributed by atoms with Crippen molar-refractivity contribution in [1.29, 1.82) is 5.26 Å². The number of carboxylic acid groups (broad SMARTS) is 4. The molecular formula is C28H15Li4N11O8. The van der Waals surface area contributed by atoms with E-state index in [1.165, 1.54) is 17.1 Å². The number of aromatic carboxylic acids is 4. The van der Waals surface area contributed by atoms with E-state index in [0.29, 0.717) is 0 Å². The summed E-state index contributed by atoms with van der Waals surface area (Å²) in [4.78, 5) is 53.8. The van der Waals surface area contributed by atoms with Crippen LogP contribution in [0.5, 0.6) is 0 Å². The van der Waals surface area contributed by atoms with Crippen LogP contribution in [-0.2, 0) is 0 Å². The number of azo groups is 1. The molecule has 23 heteroatoms. The molecule has 0 aliphatic carbocycles. The third-order valence-corrected chi connectivity index (χ3v) is 6.34. The van der Waals surface area contributed by atoms with Gasteiger partial charge in [-0.05, 0) is 65.6 Å². The van der Waals surface area contributed by atoms with Crippen LogP contribution in [0.3, 0.4) is 0 Å². The minimum atomic E-state index is -1.66. The number of carbonyl (C=O) groups is 4. The van der Waals surface area contributed by atoms with Crippen LogP contribution in [0, 0.1) is 18.3 Å². The fraction of sp³-hybridized carbons (Fsp3) is 0.0357. The molecule has 2 aromatic carbocycles. The molecule has 3 aromatic heterocycles. The van der Waals surface area contributed by atoms with Crippen LogP contribution in [-0.4, -0.2) is 53.4 Å².